The molecule has 32 heavy (non-hydrogen) atoms. The molecule has 168 valence electrons. The number of aromatic nitrogens is 2. The van der Waals surface area contributed by atoms with Crippen molar-refractivity contribution in [3.63, 3.8) is 0 Å². The number of thiocarbonyl (C=S) groups is 1. The molecule has 0 radical (unpaired) electrons. The van der Waals surface area contributed by atoms with Crippen LogP contribution in [0, 0.1) is 13.8 Å². The number of rotatable bonds is 7. The van der Waals surface area contributed by atoms with E-state index >= 15 is 0 Å². The van der Waals surface area contributed by atoms with Gasteiger partial charge in [-0.3, -0.25) is 4.98 Å². The van der Waals surface area contributed by atoms with Gasteiger partial charge in [0.05, 0.1) is 24.4 Å². The number of pyridine rings is 1. The number of hydrogen-bond donors (Lipinski definition) is 1. The van der Waals surface area contributed by atoms with Crippen LogP contribution in [0.4, 0.5) is 11.4 Å². The SMILES string of the molecule is COCCn1c(C)cc([C@@H]2[C@H](c3ccccn3)NC(=S)N2c2ccc(N(C)C)cc2)c1C. The molecule has 4 rings (SSSR count). The highest BCUT2D eigenvalue weighted by molar-refractivity contribution is 7.80. The molecule has 1 aliphatic heterocycles. The second-order valence-corrected chi connectivity index (χ2v) is 8.77. The largest absolute Gasteiger partial charge is 0.383 e. The molecule has 2 atom stereocenters. The van der Waals surface area contributed by atoms with Crippen molar-refractivity contribution in [3.8, 4) is 0 Å². The first-order valence-corrected chi connectivity index (χ1v) is 11.3. The molecule has 3 heterocycles. The van der Waals surface area contributed by atoms with Crippen LogP contribution in [-0.4, -0.2) is 42.5 Å². The molecule has 7 heteroatoms. The number of methoxy groups -OCH3 is 1. The van der Waals surface area contributed by atoms with Crippen LogP contribution in [0.3, 0.4) is 0 Å². The van der Waals surface area contributed by atoms with Crippen molar-refractivity contribution in [2.24, 2.45) is 0 Å². The maximum absolute atomic E-state index is 5.86. The zero-order valence-electron chi connectivity index (χ0n) is 19.4. The van der Waals surface area contributed by atoms with Gasteiger partial charge < -0.3 is 24.4 Å². The summed E-state index contributed by atoms with van der Waals surface area (Å²) < 4.78 is 7.66. The highest BCUT2D eigenvalue weighted by Gasteiger charge is 2.42. The monoisotopic (exact) mass is 449 g/mol. The Kier molecular flexibility index (Phi) is 6.48. The molecule has 1 N–H and O–H groups in total. The second-order valence-electron chi connectivity index (χ2n) is 8.38. The molecule has 1 aliphatic rings. The molecular weight excluding hydrogens is 418 g/mol. The molecule has 0 aliphatic carbocycles. The van der Waals surface area contributed by atoms with E-state index in [0.29, 0.717) is 11.7 Å². The normalized spacial score (nSPS) is 18.2. The molecule has 1 aromatic carbocycles. The minimum absolute atomic E-state index is 0.00917. The van der Waals surface area contributed by atoms with Crippen molar-refractivity contribution in [1.29, 1.82) is 0 Å². The third-order valence-corrected chi connectivity index (χ3v) is 6.51. The number of aryl methyl sites for hydroxylation is 1. The molecular formula is C25H31N5OS. The van der Waals surface area contributed by atoms with Gasteiger partial charge in [-0.15, -0.1) is 0 Å². The molecule has 1 saturated heterocycles. The van der Waals surface area contributed by atoms with E-state index in [4.69, 9.17) is 17.0 Å². The quantitative estimate of drug-likeness (QED) is 0.540. The minimum Gasteiger partial charge on any atom is -0.383 e. The summed E-state index contributed by atoms with van der Waals surface area (Å²) in [5, 5.41) is 4.27. The van der Waals surface area contributed by atoms with Gasteiger partial charge in [0.15, 0.2) is 5.11 Å². The number of hydrogen-bond acceptors (Lipinski definition) is 4. The Labute approximate surface area is 195 Å². The van der Waals surface area contributed by atoms with Crippen LogP contribution in [0.25, 0.3) is 0 Å². The van der Waals surface area contributed by atoms with E-state index < -0.39 is 0 Å². The van der Waals surface area contributed by atoms with Gasteiger partial charge in [0.2, 0.25) is 0 Å². The van der Waals surface area contributed by atoms with Gasteiger partial charge in [0.1, 0.15) is 0 Å². The van der Waals surface area contributed by atoms with Crippen molar-refractivity contribution in [1.82, 2.24) is 14.9 Å². The van der Waals surface area contributed by atoms with Gasteiger partial charge in [-0.25, -0.2) is 0 Å². The lowest BCUT2D eigenvalue weighted by Crippen LogP contribution is -2.29. The number of nitrogens with zero attached hydrogens (tertiary/aromatic N) is 4. The topological polar surface area (TPSA) is 45.6 Å². The van der Waals surface area contributed by atoms with E-state index in [9.17, 15) is 0 Å². The van der Waals surface area contributed by atoms with Crippen molar-refractivity contribution in [2.75, 3.05) is 37.6 Å². The van der Waals surface area contributed by atoms with Crippen LogP contribution >= 0.6 is 12.2 Å². The average Bonchev–Trinajstić information content (AvgIpc) is 3.28. The van der Waals surface area contributed by atoms with Gasteiger partial charge in [-0.2, -0.15) is 0 Å². The summed E-state index contributed by atoms with van der Waals surface area (Å²) >= 11 is 5.86. The standard InChI is InChI=1S/C25H31N5OS/c1-17-16-21(18(2)29(17)14-15-31-5)24-23(22-8-6-7-13-26-22)27-25(32)30(24)20-11-9-19(10-12-20)28(3)4/h6-13,16,23-24H,14-15H2,1-5H3,(H,27,32)/t23-,24+/m0/s1. The highest BCUT2D eigenvalue weighted by atomic mass is 32.1. The number of benzene rings is 1. The third-order valence-electron chi connectivity index (χ3n) is 6.19. The zero-order chi connectivity index (χ0) is 22.8. The first-order valence-electron chi connectivity index (χ1n) is 10.9. The van der Waals surface area contributed by atoms with Crippen LogP contribution in [-0.2, 0) is 11.3 Å². The van der Waals surface area contributed by atoms with Crippen molar-refractivity contribution < 1.29 is 4.74 Å². The van der Waals surface area contributed by atoms with Crippen LogP contribution in [0.5, 0.6) is 0 Å². The summed E-state index contributed by atoms with van der Waals surface area (Å²) in [4.78, 5) is 8.99. The average molecular weight is 450 g/mol. The predicted molar refractivity (Wildman–Crippen MR) is 134 cm³/mol. The van der Waals surface area contributed by atoms with Gasteiger partial charge in [-0.1, -0.05) is 6.07 Å². The van der Waals surface area contributed by atoms with Gasteiger partial charge in [0, 0.05) is 56.7 Å². The Balaban J connectivity index is 1.81. The molecule has 6 nitrogen and oxygen atoms in total. The molecule has 3 aromatic rings. The summed E-state index contributed by atoms with van der Waals surface area (Å²) in [7, 11) is 5.84. The number of anilines is 2. The number of nitrogens with one attached hydrogen (secondary N) is 1. The zero-order valence-corrected chi connectivity index (χ0v) is 20.2. The van der Waals surface area contributed by atoms with E-state index in [2.05, 4.69) is 74.9 Å². The fourth-order valence-electron chi connectivity index (χ4n) is 4.51. The van der Waals surface area contributed by atoms with Crippen molar-refractivity contribution >= 4 is 28.7 Å². The Morgan fingerprint density at radius 2 is 1.88 bits per heavy atom. The lowest BCUT2D eigenvalue weighted by atomic mass is 9.96. The van der Waals surface area contributed by atoms with Gasteiger partial charge in [0.25, 0.3) is 0 Å². The van der Waals surface area contributed by atoms with E-state index in [1.54, 1.807) is 7.11 Å². The van der Waals surface area contributed by atoms with Crippen LogP contribution in [0.1, 0.15) is 34.7 Å². The van der Waals surface area contributed by atoms with Crippen LogP contribution < -0.4 is 15.1 Å². The fraction of sp³-hybridized carbons (Fsp3) is 0.360. The number of ether oxygens (including phenoxy) is 1. The molecule has 0 amide bonds. The summed E-state index contributed by atoms with van der Waals surface area (Å²) in [6.07, 6.45) is 1.84. The molecule has 0 saturated carbocycles. The maximum atomic E-state index is 5.86. The smallest absolute Gasteiger partial charge is 0.174 e. The first-order chi connectivity index (χ1) is 15.4. The van der Waals surface area contributed by atoms with E-state index in [1.165, 1.54) is 17.0 Å². The summed E-state index contributed by atoms with van der Waals surface area (Å²) in [5.74, 6) is 0. The van der Waals surface area contributed by atoms with Crippen molar-refractivity contribution in [3.05, 3.63) is 77.4 Å². The fourth-order valence-corrected chi connectivity index (χ4v) is 4.86. The van der Waals surface area contributed by atoms with Gasteiger partial charge in [-0.05, 0) is 74.1 Å². The molecule has 0 spiro atoms. The summed E-state index contributed by atoms with van der Waals surface area (Å²) in [6, 6.07) is 16.8. The lowest BCUT2D eigenvalue weighted by Gasteiger charge is -2.28. The van der Waals surface area contributed by atoms with Crippen molar-refractivity contribution in [2.45, 2.75) is 32.5 Å². The van der Waals surface area contributed by atoms with E-state index in [0.717, 1.165) is 23.6 Å². The maximum Gasteiger partial charge on any atom is 0.174 e. The van der Waals surface area contributed by atoms with Gasteiger partial charge >= 0.3 is 0 Å². The molecule has 0 unspecified atom stereocenters. The van der Waals surface area contributed by atoms with Crippen LogP contribution in [0.2, 0.25) is 0 Å². The van der Waals surface area contributed by atoms with Crippen LogP contribution in [0.15, 0.2) is 54.7 Å². The predicted octanol–water partition coefficient (Wildman–Crippen LogP) is 4.39. The Morgan fingerprint density at radius 1 is 1.12 bits per heavy atom. The molecule has 2 aromatic heterocycles. The third kappa shape index (κ3) is 4.10. The first kappa shape index (κ1) is 22.3. The summed E-state index contributed by atoms with van der Waals surface area (Å²) in [6.45, 7) is 5.84. The van der Waals surface area contributed by atoms with E-state index in [-0.39, 0.29) is 12.1 Å². The highest BCUT2D eigenvalue weighted by Crippen LogP contribution is 2.43. The Hall–Kier alpha value is -2.90. The minimum atomic E-state index is -0.0476. The Morgan fingerprint density at radius 3 is 2.50 bits per heavy atom. The van der Waals surface area contributed by atoms with E-state index in [1.807, 2.05) is 32.4 Å². The lowest BCUT2D eigenvalue weighted by molar-refractivity contribution is 0.186. The molecule has 0 bridgehead atoms. The Bertz CT molecular complexity index is 1080. The summed E-state index contributed by atoms with van der Waals surface area (Å²) in [5.41, 5.74) is 6.90. The molecule has 1 fully saturated rings. The second kappa shape index (κ2) is 9.30.